The number of halogens is 4. The highest BCUT2D eigenvalue weighted by atomic mass is 35.5. The summed E-state index contributed by atoms with van der Waals surface area (Å²) in [6.07, 6.45) is -3.95. The highest BCUT2D eigenvalue weighted by molar-refractivity contribution is 6.31. The van der Waals surface area contributed by atoms with E-state index in [1.54, 1.807) is 0 Å². The molecule has 1 rings (SSSR count). The molecule has 0 radical (unpaired) electrons. The van der Waals surface area contributed by atoms with Crippen LogP contribution in [0, 0.1) is 5.41 Å². The molecule has 0 saturated carbocycles. The fourth-order valence-electron chi connectivity index (χ4n) is 1.51. The fraction of sp³-hybridized carbons (Fsp3) is 0.500. The van der Waals surface area contributed by atoms with E-state index in [2.05, 4.69) is 0 Å². The predicted molar refractivity (Wildman–Crippen MR) is 61.0 cm³/mol. The van der Waals surface area contributed by atoms with Crippen LogP contribution in [0.5, 0.6) is 0 Å². The van der Waals surface area contributed by atoms with Crippen molar-refractivity contribution in [3.05, 3.63) is 34.3 Å². The number of hydrogen-bond donors (Lipinski definition) is 1. The van der Waals surface area contributed by atoms with Crippen LogP contribution < -0.4 is 0 Å². The number of benzene rings is 1. The van der Waals surface area contributed by atoms with E-state index in [0.29, 0.717) is 12.0 Å². The molecule has 0 spiro atoms. The second-order valence-electron chi connectivity index (χ2n) is 4.81. The van der Waals surface area contributed by atoms with Crippen LogP contribution in [-0.4, -0.2) is 11.7 Å². The summed E-state index contributed by atoms with van der Waals surface area (Å²) in [7, 11) is 0. The van der Waals surface area contributed by atoms with Crippen molar-refractivity contribution in [1.82, 2.24) is 0 Å². The van der Waals surface area contributed by atoms with Crippen LogP contribution in [0.4, 0.5) is 13.2 Å². The second-order valence-corrected chi connectivity index (χ2v) is 5.22. The summed E-state index contributed by atoms with van der Waals surface area (Å²) in [5.41, 5.74) is -0.518. The Morgan fingerprint density at radius 1 is 1.24 bits per heavy atom. The Labute approximate surface area is 103 Å². The minimum atomic E-state index is -4.43. The number of alkyl halides is 3. The van der Waals surface area contributed by atoms with E-state index in [1.807, 2.05) is 13.8 Å². The molecule has 0 aliphatic heterocycles. The molecular formula is C12H14ClF3O. The smallest absolute Gasteiger partial charge is 0.396 e. The van der Waals surface area contributed by atoms with Gasteiger partial charge in [0.25, 0.3) is 0 Å². The van der Waals surface area contributed by atoms with Gasteiger partial charge in [-0.1, -0.05) is 31.5 Å². The summed E-state index contributed by atoms with van der Waals surface area (Å²) in [6.45, 7) is 3.63. The van der Waals surface area contributed by atoms with Crippen molar-refractivity contribution in [2.45, 2.75) is 26.4 Å². The molecule has 0 amide bonds. The third kappa shape index (κ3) is 3.89. The molecule has 17 heavy (non-hydrogen) atoms. The van der Waals surface area contributed by atoms with Gasteiger partial charge >= 0.3 is 6.18 Å². The van der Waals surface area contributed by atoms with Crippen LogP contribution in [0.25, 0.3) is 0 Å². The summed E-state index contributed by atoms with van der Waals surface area (Å²) >= 11 is 5.60. The normalized spacial score (nSPS) is 12.9. The number of rotatable bonds is 3. The van der Waals surface area contributed by atoms with E-state index in [1.165, 1.54) is 12.1 Å². The fourth-order valence-corrected chi connectivity index (χ4v) is 1.82. The zero-order valence-electron chi connectivity index (χ0n) is 9.61. The summed E-state index contributed by atoms with van der Waals surface area (Å²) in [5, 5.41) is 8.79. The van der Waals surface area contributed by atoms with Gasteiger partial charge < -0.3 is 5.11 Å². The van der Waals surface area contributed by atoms with Gasteiger partial charge in [0.05, 0.1) is 10.6 Å². The van der Waals surface area contributed by atoms with Crippen molar-refractivity contribution < 1.29 is 18.3 Å². The molecule has 0 unspecified atom stereocenters. The van der Waals surface area contributed by atoms with Gasteiger partial charge in [0.2, 0.25) is 0 Å². The first-order valence-corrected chi connectivity index (χ1v) is 5.50. The van der Waals surface area contributed by atoms with Crippen molar-refractivity contribution >= 4 is 11.6 Å². The quantitative estimate of drug-likeness (QED) is 0.879. The average Bonchev–Trinajstić information content (AvgIpc) is 2.15. The summed E-state index contributed by atoms with van der Waals surface area (Å²) in [6, 6.07) is 3.68. The Balaban J connectivity index is 2.98. The molecule has 5 heteroatoms. The molecule has 1 aromatic rings. The molecule has 0 fully saturated rings. The van der Waals surface area contributed by atoms with E-state index in [-0.39, 0.29) is 17.0 Å². The van der Waals surface area contributed by atoms with Crippen molar-refractivity contribution in [2.24, 2.45) is 5.41 Å². The largest absolute Gasteiger partial charge is 0.417 e. The molecule has 1 N–H and O–H groups in total. The van der Waals surface area contributed by atoms with E-state index < -0.39 is 11.7 Å². The highest BCUT2D eigenvalue weighted by Gasteiger charge is 2.33. The molecule has 96 valence electrons. The lowest BCUT2D eigenvalue weighted by Gasteiger charge is -2.22. The summed E-state index contributed by atoms with van der Waals surface area (Å²) < 4.78 is 37.4. The molecule has 1 nitrogen and oxygen atoms in total. The Morgan fingerprint density at radius 3 is 2.24 bits per heavy atom. The van der Waals surface area contributed by atoms with Crippen LogP contribution in [0.2, 0.25) is 5.02 Å². The Kier molecular flexibility index (Phi) is 4.10. The van der Waals surface area contributed by atoms with E-state index >= 15 is 0 Å². The van der Waals surface area contributed by atoms with Crippen molar-refractivity contribution in [1.29, 1.82) is 0 Å². The topological polar surface area (TPSA) is 20.2 Å². The Morgan fingerprint density at radius 2 is 1.82 bits per heavy atom. The summed E-state index contributed by atoms with van der Waals surface area (Å²) in [4.78, 5) is 0. The Hall–Kier alpha value is -0.740. The van der Waals surface area contributed by atoms with E-state index in [4.69, 9.17) is 16.7 Å². The second kappa shape index (κ2) is 4.86. The zero-order valence-corrected chi connectivity index (χ0v) is 10.4. The number of aliphatic hydroxyl groups excluding tert-OH is 1. The molecule has 0 aliphatic rings. The molecule has 0 atom stereocenters. The molecular weight excluding hydrogens is 253 g/mol. The monoisotopic (exact) mass is 266 g/mol. The lowest BCUT2D eigenvalue weighted by Crippen LogP contribution is -2.19. The van der Waals surface area contributed by atoms with Crippen LogP contribution in [0.1, 0.15) is 25.0 Å². The van der Waals surface area contributed by atoms with Gasteiger partial charge in [-0.3, -0.25) is 0 Å². The molecule has 0 heterocycles. The van der Waals surface area contributed by atoms with Gasteiger partial charge in [-0.2, -0.15) is 13.2 Å². The summed E-state index contributed by atoms with van der Waals surface area (Å²) in [5.74, 6) is 0. The van der Waals surface area contributed by atoms with Crippen LogP contribution >= 0.6 is 11.6 Å². The Bertz CT molecular complexity index is 399. The van der Waals surface area contributed by atoms with E-state index in [9.17, 15) is 13.2 Å². The van der Waals surface area contributed by atoms with Crippen molar-refractivity contribution in [3.8, 4) is 0 Å². The van der Waals surface area contributed by atoms with Crippen LogP contribution in [0.3, 0.4) is 0 Å². The van der Waals surface area contributed by atoms with Crippen LogP contribution in [-0.2, 0) is 12.6 Å². The SMILES string of the molecule is CC(C)(CO)Cc1ccc(C(F)(F)F)c(Cl)c1. The maximum atomic E-state index is 12.5. The first-order valence-electron chi connectivity index (χ1n) is 5.12. The average molecular weight is 267 g/mol. The first kappa shape index (κ1) is 14.3. The first-order chi connectivity index (χ1) is 7.65. The molecule has 0 saturated heterocycles. The number of aliphatic hydroxyl groups is 1. The zero-order chi connectivity index (χ0) is 13.3. The van der Waals surface area contributed by atoms with Gasteiger partial charge in [-0.15, -0.1) is 0 Å². The highest BCUT2D eigenvalue weighted by Crippen LogP contribution is 2.35. The van der Waals surface area contributed by atoms with E-state index in [0.717, 1.165) is 6.07 Å². The van der Waals surface area contributed by atoms with Crippen LogP contribution in [0.15, 0.2) is 18.2 Å². The molecule has 1 aromatic carbocycles. The van der Waals surface area contributed by atoms with Gasteiger partial charge in [0.1, 0.15) is 0 Å². The minimum absolute atomic E-state index is 0.0361. The third-order valence-electron chi connectivity index (χ3n) is 2.45. The lowest BCUT2D eigenvalue weighted by atomic mass is 9.86. The third-order valence-corrected chi connectivity index (χ3v) is 2.76. The van der Waals surface area contributed by atoms with Crippen molar-refractivity contribution in [2.75, 3.05) is 6.61 Å². The molecule has 0 bridgehead atoms. The van der Waals surface area contributed by atoms with Gasteiger partial charge in [0.15, 0.2) is 0 Å². The molecule has 0 aromatic heterocycles. The van der Waals surface area contributed by atoms with Gasteiger partial charge in [0, 0.05) is 6.61 Å². The van der Waals surface area contributed by atoms with Gasteiger partial charge in [-0.25, -0.2) is 0 Å². The van der Waals surface area contributed by atoms with Gasteiger partial charge in [-0.05, 0) is 29.5 Å². The molecule has 0 aliphatic carbocycles. The lowest BCUT2D eigenvalue weighted by molar-refractivity contribution is -0.137. The predicted octanol–water partition coefficient (Wildman–Crippen LogP) is 3.92. The maximum Gasteiger partial charge on any atom is 0.417 e. The standard InChI is InChI=1S/C12H14ClF3O/c1-11(2,7-17)6-8-3-4-9(10(13)5-8)12(14,15)16/h3-5,17H,6-7H2,1-2H3. The minimum Gasteiger partial charge on any atom is -0.396 e. The number of hydrogen-bond acceptors (Lipinski definition) is 1. The van der Waals surface area contributed by atoms with Crippen molar-refractivity contribution in [3.63, 3.8) is 0 Å². The maximum absolute atomic E-state index is 12.5.